The third kappa shape index (κ3) is 4.85. The van der Waals surface area contributed by atoms with Crippen LogP contribution in [0.5, 0.6) is 28.7 Å². The van der Waals surface area contributed by atoms with Crippen LogP contribution in [-0.4, -0.2) is 32.0 Å². The van der Waals surface area contributed by atoms with Gasteiger partial charge < -0.3 is 28.5 Å². The van der Waals surface area contributed by atoms with Crippen LogP contribution in [0.2, 0.25) is 0 Å². The van der Waals surface area contributed by atoms with Gasteiger partial charge in [-0.15, -0.1) is 6.58 Å². The summed E-state index contributed by atoms with van der Waals surface area (Å²) in [4.78, 5) is 14.0. The van der Waals surface area contributed by atoms with E-state index in [0.29, 0.717) is 40.4 Å². The number of allylic oxidation sites excluding steroid dienone is 3. The van der Waals surface area contributed by atoms with E-state index in [1.54, 1.807) is 7.11 Å². The van der Waals surface area contributed by atoms with E-state index in [0.717, 1.165) is 11.1 Å². The minimum Gasteiger partial charge on any atom is -0.507 e. The van der Waals surface area contributed by atoms with Crippen LogP contribution in [0.1, 0.15) is 58.2 Å². The van der Waals surface area contributed by atoms with Gasteiger partial charge in [0.25, 0.3) is 0 Å². The molecule has 1 N–H and O–H groups in total. The molecular weight excluding hydrogens is 508 g/mol. The number of benzene rings is 2. The molecule has 7 heteroatoms. The molecule has 2 aromatic carbocycles. The van der Waals surface area contributed by atoms with Gasteiger partial charge in [0, 0.05) is 28.2 Å². The topological polar surface area (TPSA) is 87.4 Å². The molecular formula is C33H38O7. The van der Waals surface area contributed by atoms with E-state index in [1.165, 1.54) is 20.3 Å². The van der Waals surface area contributed by atoms with Crippen molar-refractivity contribution in [1.82, 2.24) is 0 Å². The van der Waals surface area contributed by atoms with E-state index in [1.807, 2.05) is 71.9 Å². The fraction of sp³-hybridized carbons (Fsp3) is 0.364. The number of hydrogen-bond acceptors (Lipinski definition) is 7. The van der Waals surface area contributed by atoms with E-state index in [9.17, 15) is 9.90 Å². The van der Waals surface area contributed by atoms with Crippen molar-refractivity contribution in [2.45, 2.75) is 59.0 Å². The Morgan fingerprint density at radius 2 is 1.77 bits per heavy atom. The molecule has 1 aromatic heterocycles. The molecule has 1 aliphatic heterocycles. The SMILES string of the molecule is C=CC(C)(C)c1cc(OC)c2c(c1-c1oc3c(CC=C(C)C)c(OC)cc(O)c3c(=O)c1OC)C=CC(C)(C)O2. The number of rotatable bonds is 8. The summed E-state index contributed by atoms with van der Waals surface area (Å²) in [5, 5.41) is 10.9. The number of phenols is 1. The summed E-state index contributed by atoms with van der Waals surface area (Å²) in [7, 11) is 4.52. The zero-order valence-electron chi connectivity index (χ0n) is 24.8. The lowest BCUT2D eigenvalue weighted by Gasteiger charge is -2.33. The highest BCUT2D eigenvalue weighted by atomic mass is 16.5. The van der Waals surface area contributed by atoms with Crippen LogP contribution in [0.4, 0.5) is 0 Å². The van der Waals surface area contributed by atoms with Crippen molar-refractivity contribution in [3.8, 4) is 40.1 Å². The summed E-state index contributed by atoms with van der Waals surface area (Å²) in [6.45, 7) is 16.0. The number of aromatic hydroxyl groups is 1. The Morgan fingerprint density at radius 1 is 1.10 bits per heavy atom. The van der Waals surface area contributed by atoms with Crippen LogP contribution in [-0.2, 0) is 11.8 Å². The average Bonchev–Trinajstić information content (AvgIpc) is 2.90. The maximum absolute atomic E-state index is 14.0. The molecule has 0 aliphatic carbocycles. The highest BCUT2D eigenvalue weighted by Gasteiger charge is 2.35. The fourth-order valence-electron chi connectivity index (χ4n) is 4.91. The predicted molar refractivity (Wildman–Crippen MR) is 159 cm³/mol. The van der Waals surface area contributed by atoms with Crippen LogP contribution in [0.15, 0.2) is 51.7 Å². The molecule has 0 radical (unpaired) electrons. The summed E-state index contributed by atoms with van der Waals surface area (Å²) in [5.74, 6) is 1.41. The van der Waals surface area contributed by atoms with E-state index >= 15 is 0 Å². The minimum absolute atomic E-state index is 0.0263. The summed E-state index contributed by atoms with van der Waals surface area (Å²) >= 11 is 0. The summed E-state index contributed by atoms with van der Waals surface area (Å²) in [6, 6.07) is 3.33. The molecule has 4 rings (SSSR count). The van der Waals surface area contributed by atoms with Crippen molar-refractivity contribution >= 4 is 17.0 Å². The molecule has 0 spiro atoms. The fourth-order valence-corrected chi connectivity index (χ4v) is 4.91. The van der Waals surface area contributed by atoms with Gasteiger partial charge in [0.1, 0.15) is 28.1 Å². The standard InChI is InChI=1S/C33H38O7/c1-11-32(4,5)21-16-24(37-9)28-20(14-15-33(6,7)40-28)25(21)30-31(38-10)27(35)26-22(34)17-23(36-8)19(29(26)39-30)13-12-18(2)3/h11-12,14-17,34H,1,13H2,2-10H3. The first-order valence-electron chi connectivity index (χ1n) is 13.1. The van der Waals surface area contributed by atoms with Crippen molar-refractivity contribution in [1.29, 1.82) is 0 Å². The number of phenolic OH excluding ortho intramolecular Hbond substituents is 1. The van der Waals surface area contributed by atoms with E-state index in [4.69, 9.17) is 23.4 Å². The van der Waals surface area contributed by atoms with Crippen LogP contribution < -0.4 is 24.4 Å². The molecule has 0 bridgehead atoms. The molecule has 7 nitrogen and oxygen atoms in total. The van der Waals surface area contributed by atoms with Crippen LogP contribution >= 0.6 is 0 Å². The minimum atomic E-state index is -0.585. The van der Waals surface area contributed by atoms with Crippen LogP contribution in [0.25, 0.3) is 28.4 Å². The number of methoxy groups -OCH3 is 3. The Kier molecular flexibility index (Phi) is 7.54. The van der Waals surface area contributed by atoms with Crippen molar-refractivity contribution in [3.63, 3.8) is 0 Å². The van der Waals surface area contributed by atoms with Crippen molar-refractivity contribution in [3.05, 3.63) is 69.4 Å². The second-order valence-corrected chi connectivity index (χ2v) is 11.3. The molecule has 0 saturated heterocycles. The first-order chi connectivity index (χ1) is 18.8. The predicted octanol–water partition coefficient (Wildman–Crippen LogP) is 7.35. The molecule has 0 unspecified atom stereocenters. The molecule has 0 amide bonds. The Bertz CT molecular complexity index is 1610. The van der Waals surface area contributed by atoms with E-state index in [2.05, 4.69) is 6.58 Å². The Balaban J connectivity index is 2.26. The molecule has 212 valence electrons. The Labute approximate surface area is 235 Å². The number of hydrogen-bond donors (Lipinski definition) is 1. The second-order valence-electron chi connectivity index (χ2n) is 11.3. The van der Waals surface area contributed by atoms with E-state index < -0.39 is 16.4 Å². The molecule has 2 heterocycles. The quantitative estimate of drug-likeness (QED) is 0.296. The first kappa shape index (κ1) is 28.9. The summed E-state index contributed by atoms with van der Waals surface area (Å²) in [6.07, 6.45) is 8.17. The van der Waals surface area contributed by atoms with Gasteiger partial charge in [-0.2, -0.15) is 0 Å². The van der Waals surface area contributed by atoms with Crippen molar-refractivity contribution in [2.75, 3.05) is 21.3 Å². The molecule has 1 aliphatic rings. The highest BCUT2D eigenvalue weighted by Crippen LogP contribution is 2.51. The maximum Gasteiger partial charge on any atom is 0.239 e. The smallest absolute Gasteiger partial charge is 0.239 e. The molecule has 0 saturated carbocycles. The van der Waals surface area contributed by atoms with Crippen molar-refractivity contribution < 1.29 is 28.5 Å². The third-order valence-corrected chi connectivity index (χ3v) is 7.26. The van der Waals surface area contributed by atoms with Crippen LogP contribution in [0.3, 0.4) is 0 Å². The first-order valence-corrected chi connectivity index (χ1v) is 13.1. The van der Waals surface area contributed by atoms with E-state index in [-0.39, 0.29) is 28.2 Å². The normalized spacial score (nSPS) is 13.8. The number of ether oxygens (including phenoxy) is 4. The maximum atomic E-state index is 14.0. The molecule has 40 heavy (non-hydrogen) atoms. The molecule has 0 fully saturated rings. The van der Waals surface area contributed by atoms with Gasteiger partial charge in [-0.25, -0.2) is 0 Å². The highest BCUT2D eigenvalue weighted by molar-refractivity contribution is 5.93. The summed E-state index contributed by atoms with van der Waals surface area (Å²) < 4.78 is 30.1. The molecule has 3 aromatic rings. The summed E-state index contributed by atoms with van der Waals surface area (Å²) in [5.41, 5.74) is 2.39. The lowest BCUT2D eigenvalue weighted by atomic mass is 9.78. The average molecular weight is 547 g/mol. The Hall–Kier alpha value is -4.13. The lowest BCUT2D eigenvalue weighted by Crippen LogP contribution is -2.28. The van der Waals surface area contributed by atoms with Gasteiger partial charge in [-0.05, 0) is 51.8 Å². The Morgan fingerprint density at radius 3 is 2.35 bits per heavy atom. The monoisotopic (exact) mass is 546 g/mol. The van der Waals surface area contributed by atoms with Gasteiger partial charge in [0.15, 0.2) is 17.3 Å². The van der Waals surface area contributed by atoms with Gasteiger partial charge in [0.05, 0.1) is 21.3 Å². The zero-order chi connectivity index (χ0) is 29.6. The number of fused-ring (bicyclic) bond motifs is 2. The lowest BCUT2D eigenvalue weighted by molar-refractivity contribution is 0.152. The van der Waals surface area contributed by atoms with Gasteiger partial charge >= 0.3 is 0 Å². The van der Waals surface area contributed by atoms with Crippen molar-refractivity contribution in [2.24, 2.45) is 0 Å². The van der Waals surface area contributed by atoms with Gasteiger partial charge in [-0.3, -0.25) is 4.79 Å². The van der Waals surface area contributed by atoms with Gasteiger partial charge in [-0.1, -0.05) is 37.6 Å². The largest absolute Gasteiger partial charge is 0.507 e. The zero-order valence-corrected chi connectivity index (χ0v) is 24.8. The van der Waals surface area contributed by atoms with Crippen LogP contribution in [0, 0.1) is 0 Å². The van der Waals surface area contributed by atoms with Gasteiger partial charge in [0.2, 0.25) is 11.2 Å². The second kappa shape index (κ2) is 10.5. The third-order valence-electron chi connectivity index (χ3n) is 7.26. The molecule has 0 atom stereocenters.